The van der Waals surface area contributed by atoms with E-state index < -0.39 is 0 Å². The second kappa shape index (κ2) is 5.85. The van der Waals surface area contributed by atoms with Crippen LogP contribution in [0.3, 0.4) is 0 Å². The van der Waals surface area contributed by atoms with Crippen LogP contribution < -0.4 is 11.1 Å². The van der Waals surface area contributed by atoms with E-state index >= 15 is 0 Å². The standard InChI is InChI=1S/C13H21N3/c14-11-6-7-13(16-10-11)8-9-15-12-4-2-1-3-5-12/h6-7,10,12,15H,1-5,8-9,14H2. The van der Waals surface area contributed by atoms with Gasteiger partial charge in [0.15, 0.2) is 0 Å². The molecule has 0 spiro atoms. The van der Waals surface area contributed by atoms with Gasteiger partial charge < -0.3 is 11.1 Å². The maximum absolute atomic E-state index is 5.59. The second-order valence-electron chi connectivity index (χ2n) is 4.62. The molecule has 0 bridgehead atoms. The second-order valence-corrected chi connectivity index (χ2v) is 4.62. The van der Waals surface area contributed by atoms with Gasteiger partial charge in [0, 0.05) is 24.7 Å². The van der Waals surface area contributed by atoms with Crippen LogP contribution >= 0.6 is 0 Å². The van der Waals surface area contributed by atoms with E-state index in [1.165, 1.54) is 32.1 Å². The zero-order valence-corrected chi connectivity index (χ0v) is 9.78. The Bertz CT molecular complexity index is 301. The predicted molar refractivity (Wildman–Crippen MR) is 67.2 cm³/mol. The minimum Gasteiger partial charge on any atom is -0.397 e. The summed E-state index contributed by atoms with van der Waals surface area (Å²) in [6.07, 6.45) is 9.60. The van der Waals surface area contributed by atoms with Gasteiger partial charge in [-0.2, -0.15) is 0 Å². The zero-order valence-electron chi connectivity index (χ0n) is 9.78. The largest absolute Gasteiger partial charge is 0.397 e. The van der Waals surface area contributed by atoms with Crippen molar-refractivity contribution >= 4 is 5.69 Å². The Morgan fingerprint density at radius 1 is 1.25 bits per heavy atom. The summed E-state index contributed by atoms with van der Waals surface area (Å²) in [5, 5.41) is 3.61. The molecule has 2 rings (SSSR count). The first-order chi connectivity index (χ1) is 7.84. The van der Waals surface area contributed by atoms with Gasteiger partial charge in [-0.1, -0.05) is 19.3 Å². The minimum atomic E-state index is 0.738. The number of pyridine rings is 1. The molecule has 1 fully saturated rings. The van der Waals surface area contributed by atoms with Gasteiger partial charge >= 0.3 is 0 Å². The van der Waals surface area contributed by atoms with E-state index in [0.29, 0.717) is 0 Å². The third-order valence-corrected chi connectivity index (χ3v) is 3.27. The van der Waals surface area contributed by atoms with E-state index in [4.69, 9.17) is 5.73 Å². The van der Waals surface area contributed by atoms with E-state index in [1.807, 2.05) is 12.1 Å². The van der Waals surface area contributed by atoms with Gasteiger partial charge in [-0.25, -0.2) is 0 Å². The molecule has 1 aliphatic carbocycles. The summed E-state index contributed by atoms with van der Waals surface area (Å²) in [6.45, 7) is 1.03. The lowest BCUT2D eigenvalue weighted by Gasteiger charge is -2.22. The summed E-state index contributed by atoms with van der Waals surface area (Å²) in [5.41, 5.74) is 7.46. The van der Waals surface area contributed by atoms with Gasteiger partial charge in [0.25, 0.3) is 0 Å². The van der Waals surface area contributed by atoms with Crippen molar-refractivity contribution < 1.29 is 0 Å². The highest BCUT2D eigenvalue weighted by Crippen LogP contribution is 2.17. The Hall–Kier alpha value is -1.09. The Balaban J connectivity index is 1.69. The maximum Gasteiger partial charge on any atom is 0.0501 e. The summed E-state index contributed by atoms with van der Waals surface area (Å²) in [5.74, 6) is 0. The fraction of sp³-hybridized carbons (Fsp3) is 0.615. The van der Waals surface area contributed by atoms with Crippen molar-refractivity contribution in [2.45, 2.75) is 44.6 Å². The summed E-state index contributed by atoms with van der Waals surface area (Å²) in [7, 11) is 0. The number of nitrogens with two attached hydrogens (primary N) is 1. The topological polar surface area (TPSA) is 50.9 Å². The molecule has 3 N–H and O–H groups in total. The summed E-state index contributed by atoms with van der Waals surface area (Å²) in [6, 6.07) is 4.67. The highest BCUT2D eigenvalue weighted by Gasteiger charge is 2.11. The third-order valence-electron chi connectivity index (χ3n) is 3.27. The first kappa shape index (κ1) is 11.4. The molecule has 0 unspecified atom stereocenters. The van der Waals surface area contributed by atoms with Crippen molar-refractivity contribution in [3.8, 4) is 0 Å². The first-order valence-corrected chi connectivity index (χ1v) is 6.28. The van der Waals surface area contributed by atoms with Crippen LogP contribution in [-0.4, -0.2) is 17.6 Å². The molecule has 0 radical (unpaired) electrons. The maximum atomic E-state index is 5.59. The third kappa shape index (κ3) is 3.49. The van der Waals surface area contributed by atoms with Crippen molar-refractivity contribution in [3.05, 3.63) is 24.0 Å². The lowest BCUT2D eigenvalue weighted by atomic mass is 9.95. The molecule has 0 saturated heterocycles. The van der Waals surface area contributed by atoms with Crippen molar-refractivity contribution in [2.75, 3.05) is 12.3 Å². The normalized spacial score (nSPS) is 17.5. The number of hydrogen-bond acceptors (Lipinski definition) is 3. The van der Waals surface area contributed by atoms with Crippen LogP contribution in [0.5, 0.6) is 0 Å². The Labute approximate surface area is 97.5 Å². The Morgan fingerprint density at radius 3 is 2.75 bits per heavy atom. The molecule has 88 valence electrons. The smallest absolute Gasteiger partial charge is 0.0501 e. The van der Waals surface area contributed by atoms with Crippen molar-refractivity contribution in [1.82, 2.24) is 10.3 Å². The van der Waals surface area contributed by atoms with E-state index in [-0.39, 0.29) is 0 Å². The van der Waals surface area contributed by atoms with E-state index in [0.717, 1.165) is 30.4 Å². The number of anilines is 1. The van der Waals surface area contributed by atoms with Crippen LogP contribution in [0.2, 0.25) is 0 Å². The van der Waals surface area contributed by atoms with Crippen LogP contribution in [0.1, 0.15) is 37.8 Å². The molecule has 1 aliphatic rings. The van der Waals surface area contributed by atoms with Crippen LogP contribution in [-0.2, 0) is 6.42 Å². The number of nitrogens with zero attached hydrogens (tertiary/aromatic N) is 1. The SMILES string of the molecule is Nc1ccc(CCNC2CCCCC2)nc1. The van der Waals surface area contributed by atoms with E-state index in [9.17, 15) is 0 Å². The average Bonchev–Trinajstić information content (AvgIpc) is 2.33. The molecule has 3 nitrogen and oxygen atoms in total. The highest BCUT2D eigenvalue weighted by molar-refractivity contribution is 5.34. The lowest BCUT2D eigenvalue weighted by molar-refractivity contribution is 0.375. The summed E-state index contributed by atoms with van der Waals surface area (Å²) < 4.78 is 0. The molecular formula is C13H21N3. The van der Waals surface area contributed by atoms with Gasteiger partial charge in [0.2, 0.25) is 0 Å². The van der Waals surface area contributed by atoms with Crippen LogP contribution in [0.15, 0.2) is 18.3 Å². The molecular weight excluding hydrogens is 198 g/mol. The molecule has 0 aliphatic heterocycles. The minimum absolute atomic E-state index is 0.738. The van der Waals surface area contributed by atoms with Crippen LogP contribution in [0, 0.1) is 0 Å². The quantitative estimate of drug-likeness (QED) is 0.815. The number of nitrogen functional groups attached to an aromatic ring is 1. The molecule has 0 aromatic carbocycles. The number of rotatable bonds is 4. The number of nitrogens with one attached hydrogen (secondary N) is 1. The highest BCUT2D eigenvalue weighted by atomic mass is 14.9. The summed E-state index contributed by atoms with van der Waals surface area (Å²) in [4.78, 5) is 4.30. The van der Waals surface area contributed by atoms with E-state index in [2.05, 4.69) is 10.3 Å². The molecule has 0 atom stereocenters. The number of aromatic nitrogens is 1. The van der Waals surface area contributed by atoms with Crippen LogP contribution in [0.25, 0.3) is 0 Å². The van der Waals surface area contributed by atoms with Crippen molar-refractivity contribution in [2.24, 2.45) is 0 Å². The molecule has 1 aromatic heterocycles. The molecule has 3 heteroatoms. The fourth-order valence-corrected chi connectivity index (χ4v) is 2.29. The van der Waals surface area contributed by atoms with Crippen molar-refractivity contribution in [3.63, 3.8) is 0 Å². The molecule has 16 heavy (non-hydrogen) atoms. The zero-order chi connectivity index (χ0) is 11.2. The van der Waals surface area contributed by atoms with Crippen molar-refractivity contribution in [1.29, 1.82) is 0 Å². The van der Waals surface area contributed by atoms with Gasteiger partial charge in [-0.3, -0.25) is 4.98 Å². The molecule has 1 saturated carbocycles. The average molecular weight is 219 g/mol. The van der Waals surface area contributed by atoms with E-state index in [1.54, 1.807) is 6.20 Å². The fourth-order valence-electron chi connectivity index (χ4n) is 2.29. The van der Waals surface area contributed by atoms with Gasteiger partial charge in [0.1, 0.15) is 0 Å². The van der Waals surface area contributed by atoms with Crippen LogP contribution in [0.4, 0.5) is 5.69 Å². The molecule has 0 amide bonds. The molecule has 1 heterocycles. The summed E-state index contributed by atoms with van der Waals surface area (Å²) >= 11 is 0. The lowest BCUT2D eigenvalue weighted by Crippen LogP contribution is -2.32. The number of hydrogen-bond donors (Lipinski definition) is 2. The van der Waals surface area contributed by atoms with Gasteiger partial charge in [-0.05, 0) is 25.0 Å². The first-order valence-electron chi connectivity index (χ1n) is 6.28. The predicted octanol–water partition coefficient (Wildman–Crippen LogP) is 2.13. The monoisotopic (exact) mass is 219 g/mol. The molecule has 1 aromatic rings. The Kier molecular flexibility index (Phi) is 4.17. The Morgan fingerprint density at radius 2 is 2.06 bits per heavy atom. The van der Waals surface area contributed by atoms with Gasteiger partial charge in [0.05, 0.1) is 11.9 Å². The van der Waals surface area contributed by atoms with Gasteiger partial charge in [-0.15, -0.1) is 0 Å².